The van der Waals surface area contributed by atoms with Crippen molar-refractivity contribution in [2.75, 3.05) is 0 Å². The Bertz CT molecular complexity index is 935. The summed E-state index contributed by atoms with van der Waals surface area (Å²) in [5, 5.41) is 7.19. The Balaban J connectivity index is 1.14. The lowest BCUT2D eigenvalue weighted by Crippen LogP contribution is -2.52. The van der Waals surface area contributed by atoms with Crippen molar-refractivity contribution in [2.45, 2.75) is 83.3 Å². The Morgan fingerprint density at radius 1 is 0.909 bits per heavy atom. The Labute approximate surface area is 199 Å². The fourth-order valence-corrected chi connectivity index (χ4v) is 7.27. The van der Waals surface area contributed by atoms with Crippen LogP contribution in [0, 0.1) is 23.7 Å². The second-order valence-electron chi connectivity index (χ2n) is 11.3. The van der Waals surface area contributed by atoms with Crippen LogP contribution in [-0.4, -0.2) is 18.0 Å². The van der Waals surface area contributed by atoms with E-state index in [1.54, 1.807) is 0 Å². The Hall–Kier alpha value is -2.13. The van der Waals surface area contributed by atoms with Gasteiger partial charge in [0.25, 0.3) is 0 Å². The molecule has 2 aromatic carbocycles. The standard InChI is InChI=1S/C30H40N2O/c1-20(31-21(2)26-9-4-3-5-10-26)13-22-7-6-8-23(14-22)19-30(33)32-29-18-25-15-24-11-12-28(29)27(16-24)17-25/h3-10,14,20-21,24-25,27-29,31H,11-13,15-19H2,1-2H3,(H,32,33)/t20-,21-,24?,25?,27?,28?,29?/m1/s1. The van der Waals surface area contributed by atoms with Gasteiger partial charge in [-0.1, -0.05) is 61.0 Å². The molecule has 33 heavy (non-hydrogen) atoms. The van der Waals surface area contributed by atoms with Crippen LogP contribution in [0.15, 0.2) is 54.6 Å². The molecule has 0 spiro atoms. The first-order chi connectivity index (χ1) is 16.0. The van der Waals surface area contributed by atoms with Gasteiger partial charge < -0.3 is 10.6 Å². The zero-order chi connectivity index (χ0) is 22.8. The van der Waals surface area contributed by atoms with Crippen molar-refractivity contribution in [3.63, 3.8) is 0 Å². The lowest BCUT2D eigenvalue weighted by atomic mass is 9.56. The van der Waals surface area contributed by atoms with Crippen molar-refractivity contribution in [1.29, 1.82) is 0 Å². The molecule has 0 aromatic heterocycles. The van der Waals surface area contributed by atoms with Gasteiger partial charge in [-0.25, -0.2) is 0 Å². The molecule has 3 aliphatic rings. The van der Waals surface area contributed by atoms with Crippen molar-refractivity contribution in [1.82, 2.24) is 10.6 Å². The van der Waals surface area contributed by atoms with Gasteiger partial charge in [0.15, 0.2) is 0 Å². The number of carbonyl (C=O) groups excluding carboxylic acids is 1. The van der Waals surface area contributed by atoms with Gasteiger partial charge in [-0.2, -0.15) is 0 Å². The molecule has 5 unspecified atom stereocenters. The third kappa shape index (κ3) is 5.51. The minimum absolute atomic E-state index is 0.211. The molecule has 7 atom stereocenters. The Kier molecular flexibility index (Phi) is 6.87. The molecule has 3 bridgehead atoms. The summed E-state index contributed by atoms with van der Waals surface area (Å²) >= 11 is 0. The number of hydrogen-bond acceptors (Lipinski definition) is 2. The van der Waals surface area contributed by atoms with E-state index in [4.69, 9.17) is 0 Å². The van der Waals surface area contributed by atoms with Crippen LogP contribution >= 0.6 is 0 Å². The van der Waals surface area contributed by atoms with Crippen LogP contribution in [-0.2, 0) is 17.6 Å². The van der Waals surface area contributed by atoms with E-state index in [1.165, 1.54) is 49.7 Å². The monoisotopic (exact) mass is 444 g/mol. The second kappa shape index (κ2) is 10.0. The molecule has 0 radical (unpaired) electrons. The molecule has 0 aliphatic heterocycles. The molecule has 176 valence electrons. The Morgan fingerprint density at radius 2 is 1.70 bits per heavy atom. The first kappa shape index (κ1) is 22.7. The third-order valence-electron chi connectivity index (χ3n) is 8.64. The van der Waals surface area contributed by atoms with Crippen molar-refractivity contribution in [3.05, 3.63) is 71.3 Å². The van der Waals surface area contributed by atoms with Gasteiger partial charge in [0.1, 0.15) is 0 Å². The molecule has 2 N–H and O–H groups in total. The van der Waals surface area contributed by atoms with Gasteiger partial charge in [0.2, 0.25) is 5.91 Å². The number of fused-ring (bicyclic) bond motifs is 2. The van der Waals surface area contributed by atoms with Crippen LogP contribution < -0.4 is 10.6 Å². The highest BCUT2D eigenvalue weighted by molar-refractivity contribution is 5.79. The van der Waals surface area contributed by atoms with Gasteiger partial charge in [-0.15, -0.1) is 0 Å². The number of rotatable bonds is 8. The van der Waals surface area contributed by atoms with Crippen LogP contribution in [0.25, 0.3) is 0 Å². The van der Waals surface area contributed by atoms with Gasteiger partial charge in [0.05, 0.1) is 6.42 Å². The number of hydrogen-bond donors (Lipinski definition) is 2. The van der Waals surface area contributed by atoms with E-state index in [0.29, 0.717) is 24.5 Å². The first-order valence-electron chi connectivity index (χ1n) is 13.2. The highest BCUT2D eigenvalue weighted by atomic mass is 16.1. The first-order valence-corrected chi connectivity index (χ1v) is 13.2. The molecule has 3 saturated carbocycles. The van der Waals surface area contributed by atoms with Crippen LogP contribution in [0.5, 0.6) is 0 Å². The SMILES string of the molecule is C[C@H](Cc1cccc(CC(=O)NC2CC3CC4CCC2C(C4)C3)c1)N[C@H](C)c1ccccc1. The van der Waals surface area contributed by atoms with E-state index in [1.807, 2.05) is 0 Å². The predicted molar refractivity (Wildman–Crippen MR) is 135 cm³/mol. The third-order valence-corrected chi connectivity index (χ3v) is 8.64. The highest BCUT2D eigenvalue weighted by Gasteiger charge is 2.45. The number of carbonyl (C=O) groups is 1. The topological polar surface area (TPSA) is 41.1 Å². The van der Waals surface area contributed by atoms with Crippen LogP contribution in [0.3, 0.4) is 0 Å². The zero-order valence-corrected chi connectivity index (χ0v) is 20.3. The molecule has 5 rings (SSSR count). The number of benzene rings is 2. The molecular weight excluding hydrogens is 404 g/mol. The fraction of sp³-hybridized carbons (Fsp3) is 0.567. The maximum absolute atomic E-state index is 13.0. The van der Waals surface area contributed by atoms with Gasteiger partial charge in [0, 0.05) is 18.1 Å². The molecule has 3 aliphatic carbocycles. The van der Waals surface area contributed by atoms with E-state index in [2.05, 4.69) is 79.1 Å². The van der Waals surface area contributed by atoms with Crippen LogP contribution in [0.4, 0.5) is 0 Å². The molecule has 0 saturated heterocycles. The lowest BCUT2D eigenvalue weighted by Gasteiger charge is -2.52. The predicted octanol–water partition coefficient (Wildman–Crippen LogP) is 5.84. The van der Waals surface area contributed by atoms with E-state index < -0.39 is 0 Å². The van der Waals surface area contributed by atoms with Crippen LogP contribution in [0.2, 0.25) is 0 Å². The van der Waals surface area contributed by atoms with Crippen molar-refractivity contribution < 1.29 is 4.79 Å². The maximum Gasteiger partial charge on any atom is 0.224 e. The molecule has 3 heteroatoms. The smallest absolute Gasteiger partial charge is 0.224 e. The minimum atomic E-state index is 0.211. The van der Waals surface area contributed by atoms with Crippen molar-refractivity contribution in [2.24, 2.45) is 23.7 Å². The average Bonchev–Trinajstić information content (AvgIpc) is 2.78. The molecule has 0 heterocycles. The zero-order valence-electron chi connectivity index (χ0n) is 20.3. The summed E-state index contributed by atoms with van der Waals surface area (Å²) in [6, 6.07) is 20.3. The number of nitrogens with one attached hydrogen (secondary N) is 2. The lowest BCUT2D eigenvalue weighted by molar-refractivity contribution is -0.123. The summed E-state index contributed by atoms with van der Waals surface area (Å²) < 4.78 is 0. The summed E-state index contributed by atoms with van der Waals surface area (Å²) in [6.45, 7) is 4.46. The second-order valence-corrected chi connectivity index (χ2v) is 11.3. The fourth-order valence-electron chi connectivity index (χ4n) is 7.27. The van der Waals surface area contributed by atoms with E-state index in [9.17, 15) is 4.79 Å². The average molecular weight is 445 g/mol. The molecule has 3 fully saturated rings. The van der Waals surface area contributed by atoms with Crippen LogP contribution in [0.1, 0.15) is 75.1 Å². The van der Waals surface area contributed by atoms with E-state index in [-0.39, 0.29) is 5.91 Å². The molecule has 2 aromatic rings. The van der Waals surface area contributed by atoms with Gasteiger partial charge >= 0.3 is 0 Å². The van der Waals surface area contributed by atoms with Crippen molar-refractivity contribution in [3.8, 4) is 0 Å². The molecule has 1 amide bonds. The number of amides is 1. The summed E-state index contributed by atoms with van der Waals surface area (Å²) in [7, 11) is 0. The quantitative estimate of drug-likeness (QED) is 0.537. The normalized spacial score (nSPS) is 29.9. The Morgan fingerprint density at radius 3 is 2.55 bits per heavy atom. The molecular formula is C30H40N2O. The maximum atomic E-state index is 13.0. The summed E-state index contributed by atoms with van der Waals surface area (Å²) in [5.41, 5.74) is 3.74. The highest BCUT2D eigenvalue weighted by Crippen LogP contribution is 2.52. The minimum Gasteiger partial charge on any atom is -0.353 e. The summed E-state index contributed by atoms with van der Waals surface area (Å²) in [4.78, 5) is 13.0. The summed E-state index contributed by atoms with van der Waals surface area (Å²) in [6.07, 6.45) is 9.64. The largest absolute Gasteiger partial charge is 0.353 e. The van der Waals surface area contributed by atoms with E-state index >= 15 is 0 Å². The van der Waals surface area contributed by atoms with Crippen molar-refractivity contribution >= 4 is 5.91 Å². The van der Waals surface area contributed by atoms with E-state index in [0.717, 1.165) is 35.7 Å². The van der Waals surface area contributed by atoms with Gasteiger partial charge in [-0.05, 0) is 92.7 Å². The van der Waals surface area contributed by atoms with Gasteiger partial charge in [-0.3, -0.25) is 4.79 Å². The molecule has 3 nitrogen and oxygen atoms in total. The summed E-state index contributed by atoms with van der Waals surface area (Å²) in [5.74, 6) is 3.65.